The standard InChI is InChI=1S/C20H26N4O2/c1-3-12-21-18(25)11-13-22-20(26)19-16-5-4-6-17(16)24(23-19)15-9-7-14(2)8-10-15/h7-10H,3-6,11-13H2,1-2H3,(H,21,25)(H,22,26). The summed E-state index contributed by atoms with van der Waals surface area (Å²) in [4.78, 5) is 24.2. The van der Waals surface area contributed by atoms with Crippen LogP contribution in [0.25, 0.3) is 5.69 Å². The fourth-order valence-electron chi connectivity index (χ4n) is 3.25. The van der Waals surface area contributed by atoms with Crippen molar-refractivity contribution >= 4 is 11.8 Å². The van der Waals surface area contributed by atoms with E-state index in [1.54, 1.807) is 0 Å². The number of amides is 2. The Labute approximate surface area is 154 Å². The molecule has 0 aliphatic heterocycles. The number of hydrogen-bond donors (Lipinski definition) is 2. The van der Waals surface area contributed by atoms with Crippen LogP contribution >= 0.6 is 0 Å². The molecule has 1 heterocycles. The summed E-state index contributed by atoms with van der Waals surface area (Å²) < 4.78 is 1.89. The number of aromatic nitrogens is 2. The van der Waals surface area contributed by atoms with E-state index >= 15 is 0 Å². The fourth-order valence-corrected chi connectivity index (χ4v) is 3.25. The summed E-state index contributed by atoms with van der Waals surface area (Å²) in [5, 5.41) is 10.2. The molecule has 26 heavy (non-hydrogen) atoms. The average Bonchev–Trinajstić information content (AvgIpc) is 3.23. The van der Waals surface area contributed by atoms with Gasteiger partial charge in [-0.05, 0) is 44.7 Å². The van der Waals surface area contributed by atoms with Crippen molar-refractivity contribution in [3.05, 3.63) is 46.8 Å². The molecule has 2 amide bonds. The second kappa shape index (κ2) is 8.17. The maximum atomic E-state index is 12.6. The fraction of sp³-hybridized carbons (Fsp3) is 0.450. The first kappa shape index (κ1) is 18.2. The second-order valence-corrected chi connectivity index (χ2v) is 6.73. The van der Waals surface area contributed by atoms with Crippen LogP contribution in [0.4, 0.5) is 0 Å². The number of nitrogens with one attached hydrogen (secondary N) is 2. The van der Waals surface area contributed by atoms with Crippen molar-refractivity contribution in [3.8, 4) is 5.69 Å². The van der Waals surface area contributed by atoms with Gasteiger partial charge in [0.2, 0.25) is 5.91 Å². The molecule has 0 saturated carbocycles. The lowest BCUT2D eigenvalue weighted by molar-refractivity contribution is -0.120. The molecule has 0 bridgehead atoms. The third-order valence-electron chi connectivity index (χ3n) is 4.63. The molecule has 1 aromatic heterocycles. The van der Waals surface area contributed by atoms with Crippen LogP contribution in [0.5, 0.6) is 0 Å². The van der Waals surface area contributed by atoms with Gasteiger partial charge in [0, 0.05) is 30.8 Å². The zero-order chi connectivity index (χ0) is 18.5. The Bertz CT molecular complexity index is 793. The first-order chi connectivity index (χ1) is 12.6. The SMILES string of the molecule is CCCNC(=O)CCNC(=O)c1nn(-c2ccc(C)cc2)c2c1CCC2. The molecular formula is C20H26N4O2. The van der Waals surface area contributed by atoms with E-state index in [-0.39, 0.29) is 18.2 Å². The summed E-state index contributed by atoms with van der Waals surface area (Å²) in [6.07, 6.45) is 4.04. The first-order valence-corrected chi connectivity index (χ1v) is 9.33. The lowest BCUT2D eigenvalue weighted by atomic mass is 10.2. The Morgan fingerprint density at radius 1 is 1.12 bits per heavy atom. The third-order valence-corrected chi connectivity index (χ3v) is 4.63. The molecule has 0 atom stereocenters. The Kier molecular flexibility index (Phi) is 5.71. The molecule has 1 aromatic carbocycles. The molecule has 3 rings (SSSR count). The maximum absolute atomic E-state index is 12.6. The van der Waals surface area contributed by atoms with Crippen molar-refractivity contribution in [2.75, 3.05) is 13.1 Å². The molecule has 2 aromatic rings. The van der Waals surface area contributed by atoms with Gasteiger partial charge in [0.15, 0.2) is 5.69 Å². The number of aryl methyl sites for hydroxylation is 1. The zero-order valence-electron chi connectivity index (χ0n) is 15.5. The minimum atomic E-state index is -0.197. The Balaban J connectivity index is 1.70. The minimum absolute atomic E-state index is 0.0393. The number of benzene rings is 1. The molecule has 0 saturated heterocycles. The molecule has 2 N–H and O–H groups in total. The van der Waals surface area contributed by atoms with Gasteiger partial charge in [-0.15, -0.1) is 0 Å². The van der Waals surface area contributed by atoms with Gasteiger partial charge in [-0.2, -0.15) is 5.10 Å². The van der Waals surface area contributed by atoms with E-state index in [9.17, 15) is 9.59 Å². The highest BCUT2D eigenvalue weighted by Crippen LogP contribution is 2.27. The molecule has 1 aliphatic carbocycles. The smallest absolute Gasteiger partial charge is 0.272 e. The number of hydrogen-bond acceptors (Lipinski definition) is 3. The van der Waals surface area contributed by atoms with E-state index in [4.69, 9.17) is 0 Å². The number of carbonyl (C=O) groups excluding carboxylic acids is 2. The van der Waals surface area contributed by atoms with E-state index in [0.29, 0.717) is 18.8 Å². The topological polar surface area (TPSA) is 76.0 Å². The van der Waals surface area contributed by atoms with Crippen LogP contribution in [0.1, 0.15) is 53.5 Å². The Morgan fingerprint density at radius 2 is 1.88 bits per heavy atom. The van der Waals surface area contributed by atoms with Gasteiger partial charge < -0.3 is 10.6 Å². The van der Waals surface area contributed by atoms with Crippen molar-refractivity contribution in [2.24, 2.45) is 0 Å². The van der Waals surface area contributed by atoms with Crippen LogP contribution in [0.3, 0.4) is 0 Å². The molecule has 0 spiro atoms. The average molecular weight is 354 g/mol. The van der Waals surface area contributed by atoms with Crippen LogP contribution in [0.15, 0.2) is 24.3 Å². The van der Waals surface area contributed by atoms with Gasteiger partial charge in [0.1, 0.15) is 0 Å². The van der Waals surface area contributed by atoms with Crippen LogP contribution < -0.4 is 10.6 Å². The molecule has 0 radical (unpaired) electrons. The van der Waals surface area contributed by atoms with E-state index < -0.39 is 0 Å². The summed E-state index contributed by atoms with van der Waals surface area (Å²) in [6, 6.07) is 8.15. The second-order valence-electron chi connectivity index (χ2n) is 6.73. The molecular weight excluding hydrogens is 328 g/mol. The summed E-state index contributed by atoms with van der Waals surface area (Å²) in [5.41, 5.74) is 4.83. The molecule has 0 unspecified atom stereocenters. The van der Waals surface area contributed by atoms with Gasteiger partial charge in [-0.25, -0.2) is 4.68 Å². The highest BCUT2D eigenvalue weighted by atomic mass is 16.2. The lowest BCUT2D eigenvalue weighted by Gasteiger charge is -2.06. The summed E-state index contributed by atoms with van der Waals surface area (Å²) in [5.74, 6) is -0.236. The van der Waals surface area contributed by atoms with Crippen LogP contribution in [0, 0.1) is 6.92 Å². The largest absolute Gasteiger partial charge is 0.356 e. The first-order valence-electron chi connectivity index (χ1n) is 9.33. The van der Waals surface area contributed by atoms with Crippen molar-refractivity contribution in [3.63, 3.8) is 0 Å². The van der Waals surface area contributed by atoms with Gasteiger partial charge in [-0.1, -0.05) is 24.6 Å². The van der Waals surface area contributed by atoms with Crippen LogP contribution in [-0.4, -0.2) is 34.7 Å². The number of rotatable bonds is 7. The number of fused-ring (bicyclic) bond motifs is 1. The predicted octanol–water partition coefficient (Wildman–Crippen LogP) is 2.32. The lowest BCUT2D eigenvalue weighted by Crippen LogP contribution is -2.31. The van der Waals surface area contributed by atoms with Gasteiger partial charge >= 0.3 is 0 Å². The highest BCUT2D eigenvalue weighted by Gasteiger charge is 2.26. The Hall–Kier alpha value is -2.63. The number of carbonyl (C=O) groups is 2. The van der Waals surface area contributed by atoms with E-state index in [1.807, 2.05) is 42.8 Å². The van der Waals surface area contributed by atoms with Crippen molar-refractivity contribution < 1.29 is 9.59 Å². The monoisotopic (exact) mass is 354 g/mol. The van der Waals surface area contributed by atoms with Gasteiger partial charge in [-0.3, -0.25) is 9.59 Å². The number of nitrogens with zero attached hydrogens (tertiary/aromatic N) is 2. The molecule has 138 valence electrons. The molecule has 6 heteroatoms. The van der Waals surface area contributed by atoms with E-state index in [2.05, 4.69) is 15.7 Å². The van der Waals surface area contributed by atoms with Gasteiger partial charge in [0.05, 0.1) is 5.69 Å². The van der Waals surface area contributed by atoms with Gasteiger partial charge in [0.25, 0.3) is 5.91 Å². The van der Waals surface area contributed by atoms with Crippen molar-refractivity contribution in [1.82, 2.24) is 20.4 Å². The minimum Gasteiger partial charge on any atom is -0.356 e. The summed E-state index contributed by atoms with van der Waals surface area (Å²) >= 11 is 0. The molecule has 1 aliphatic rings. The van der Waals surface area contributed by atoms with Crippen LogP contribution in [0.2, 0.25) is 0 Å². The zero-order valence-corrected chi connectivity index (χ0v) is 15.5. The van der Waals surface area contributed by atoms with Crippen LogP contribution in [-0.2, 0) is 17.6 Å². The predicted molar refractivity (Wildman–Crippen MR) is 101 cm³/mol. The molecule has 6 nitrogen and oxygen atoms in total. The maximum Gasteiger partial charge on any atom is 0.272 e. The summed E-state index contributed by atoms with van der Waals surface area (Å²) in [7, 11) is 0. The van der Waals surface area contributed by atoms with Crippen molar-refractivity contribution in [1.29, 1.82) is 0 Å². The van der Waals surface area contributed by atoms with Crippen molar-refractivity contribution in [2.45, 2.75) is 46.0 Å². The van der Waals surface area contributed by atoms with E-state index in [0.717, 1.165) is 42.6 Å². The third kappa shape index (κ3) is 3.95. The summed E-state index contributed by atoms with van der Waals surface area (Å²) in [6.45, 7) is 5.04. The Morgan fingerprint density at radius 3 is 2.62 bits per heavy atom. The highest BCUT2D eigenvalue weighted by molar-refractivity contribution is 5.94. The van der Waals surface area contributed by atoms with E-state index in [1.165, 1.54) is 5.56 Å². The quantitative estimate of drug-likeness (QED) is 0.801. The normalized spacial score (nSPS) is 12.7. The molecule has 0 fully saturated rings.